The number of benzene rings is 1. The van der Waals surface area contributed by atoms with Gasteiger partial charge in [0.2, 0.25) is 5.91 Å². The second-order valence-corrected chi connectivity index (χ2v) is 6.81. The van der Waals surface area contributed by atoms with Crippen LogP contribution >= 0.6 is 11.6 Å². The molecule has 0 fully saturated rings. The third-order valence-electron chi connectivity index (χ3n) is 4.39. The molecule has 27 heavy (non-hydrogen) atoms. The molecule has 0 bridgehead atoms. The number of hydrogen-bond donors (Lipinski definition) is 1. The number of nitrogens with one attached hydrogen (secondary N) is 1. The van der Waals surface area contributed by atoms with E-state index < -0.39 is 5.82 Å². The van der Waals surface area contributed by atoms with Crippen molar-refractivity contribution in [3.63, 3.8) is 0 Å². The highest BCUT2D eigenvalue weighted by molar-refractivity contribution is 6.31. The molecule has 0 unspecified atom stereocenters. The monoisotopic (exact) mass is 386 g/mol. The Bertz CT molecular complexity index is 1000. The fourth-order valence-electron chi connectivity index (χ4n) is 2.93. The van der Waals surface area contributed by atoms with Crippen LogP contribution in [-0.4, -0.2) is 20.7 Å². The Balaban J connectivity index is 1.73. The Morgan fingerprint density at radius 3 is 2.70 bits per heavy atom. The van der Waals surface area contributed by atoms with Crippen LogP contribution in [-0.2, 0) is 17.8 Å². The zero-order valence-electron chi connectivity index (χ0n) is 15.4. The first-order chi connectivity index (χ1) is 12.8. The SMILES string of the molecule is Cc1cc(-n2nc(C)c(CC(=O)NCc3ccc(F)cc3Cl)c2C)ccn1. The number of aromatic nitrogens is 3. The minimum absolute atomic E-state index is 0.146. The molecule has 7 heteroatoms. The maximum atomic E-state index is 13.1. The maximum Gasteiger partial charge on any atom is 0.224 e. The van der Waals surface area contributed by atoms with Gasteiger partial charge < -0.3 is 5.32 Å². The van der Waals surface area contributed by atoms with Crippen LogP contribution in [0.3, 0.4) is 0 Å². The predicted octanol–water partition coefficient (Wildman–Crippen LogP) is 3.84. The van der Waals surface area contributed by atoms with Crippen molar-refractivity contribution in [2.24, 2.45) is 0 Å². The number of nitrogens with zero attached hydrogens (tertiary/aromatic N) is 3. The minimum Gasteiger partial charge on any atom is -0.352 e. The van der Waals surface area contributed by atoms with Gasteiger partial charge in [-0.1, -0.05) is 17.7 Å². The van der Waals surface area contributed by atoms with E-state index in [4.69, 9.17) is 11.6 Å². The quantitative estimate of drug-likeness (QED) is 0.724. The molecule has 1 aromatic carbocycles. The number of carbonyl (C=O) groups is 1. The molecule has 5 nitrogen and oxygen atoms in total. The van der Waals surface area contributed by atoms with Gasteiger partial charge >= 0.3 is 0 Å². The highest BCUT2D eigenvalue weighted by atomic mass is 35.5. The Labute approximate surface area is 162 Å². The van der Waals surface area contributed by atoms with Gasteiger partial charge in [0, 0.05) is 34.7 Å². The molecule has 0 aliphatic heterocycles. The Morgan fingerprint density at radius 1 is 1.22 bits per heavy atom. The molecule has 0 aliphatic carbocycles. The third-order valence-corrected chi connectivity index (χ3v) is 4.75. The summed E-state index contributed by atoms with van der Waals surface area (Å²) in [6, 6.07) is 7.95. The molecule has 2 aromatic heterocycles. The summed E-state index contributed by atoms with van der Waals surface area (Å²) >= 11 is 6.00. The number of carbonyl (C=O) groups excluding carboxylic acids is 1. The van der Waals surface area contributed by atoms with Crippen LogP contribution in [0, 0.1) is 26.6 Å². The van der Waals surface area contributed by atoms with Crippen molar-refractivity contribution in [3.8, 4) is 5.69 Å². The highest BCUT2D eigenvalue weighted by Gasteiger charge is 2.16. The van der Waals surface area contributed by atoms with E-state index in [0.717, 1.165) is 28.3 Å². The standard InChI is InChI=1S/C20H20ClFN4O/c1-12-8-17(6-7-23-12)26-14(3)18(13(2)25-26)10-20(27)24-11-15-4-5-16(22)9-19(15)21/h4-9H,10-11H2,1-3H3,(H,24,27). The van der Waals surface area contributed by atoms with Crippen molar-refractivity contribution in [3.05, 3.63) is 75.6 Å². The van der Waals surface area contributed by atoms with Crippen LogP contribution in [0.15, 0.2) is 36.5 Å². The number of amides is 1. The smallest absolute Gasteiger partial charge is 0.224 e. The summed E-state index contributed by atoms with van der Waals surface area (Å²) < 4.78 is 14.9. The van der Waals surface area contributed by atoms with Crippen LogP contribution in [0.2, 0.25) is 5.02 Å². The average molecular weight is 387 g/mol. The van der Waals surface area contributed by atoms with Crippen molar-refractivity contribution >= 4 is 17.5 Å². The van der Waals surface area contributed by atoms with E-state index in [1.165, 1.54) is 12.1 Å². The van der Waals surface area contributed by atoms with Crippen molar-refractivity contribution in [1.82, 2.24) is 20.1 Å². The van der Waals surface area contributed by atoms with Crippen LogP contribution in [0.25, 0.3) is 5.69 Å². The van der Waals surface area contributed by atoms with E-state index in [0.29, 0.717) is 10.6 Å². The first-order valence-corrected chi connectivity index (χ1v) is 8.91. The van der Waals surface area contributed by atoms with Gasteiger partial charge in [-0.2, -0.15) is 5.10 Å². The Hall–Kier alpha value is -2.73. The molecular formula is C20H20ClFN4O. The molecular weight excluding hydrogens is 367 g/mol. The number of pyridine rings is 1. The first-order valence-electron chi connectivity index (χ1n) is 8.54. The van der Waals surface area contributed by atoms with Gasteiger partial charge in [-0.15, -0.1) is 0 Å². The molecule has 1 N–H and O–H groups in total. The molecule has 1 amide bonds. The fraction of sp³-hybridized carbons (Fsp3) is 0.250. The molecule has 0 atom stereocenters. The summed E-state index contributed by atoms with van der Waals surface area (Å²) in [6.07, 6.45) is 1.94. The molecule has 2 heterocycles. The van der Waals surface area contributed by atoms with Crippen molar-refractivity contribution in [2.45, 2.75) is 33.7 Å². The van der Waals surface area contributed by atoms with Crippen LogP contribution in [0.1, 0.15) is 28.2 Å². The van der Waals surface area contributed by atoms with Crippen molar-refractivity contribution < 1.29 is 9.18 Å². The fourth-order valence-corrected chi connectivity index (χ4v) is 3.16. The molecule has 0 spiro atoms. The Morgan fingerprint density at radius 2 is 2.00 bits per heavy atom. The van der Waals surface area contributed by atoms with Gasteiger partial charge in [0.05, 0.1) is 17.8 Å². The van der Waals surface area contributed by atoms with Crippen molar-refractivity contribution in [2.75, 3.05) is 0 Å². The number of halogens is 2. The van der Waals surface area contributed by atoms with Gasteiger partial charge in [-0.3, -0.25) is 9.78 Å². The second kappa shape index (κ2) is 7.88. The molecule has 0 aliphatic rings. The summed E-state index contributed by atoms with van der Waals surface area (Å²) in [5.74, 6) is -0.549. The lowest BCUT2D eigenvalue weighted by Crippen LogP contribution is -2.25. The summed E-state index contributed by atoms with van der Waals surface area (Å²) in [5.41, 5.74) is 5.07. The van der Waals surface area contributed by atoms with E-state index in [1.54, 1.807) is 12.3 Å². The van der Waals surface area contributed by atoms with Gasteiger partial charge in [-0.05, 0) is 50.6 Å². The molecule has 3 rings (SSSR count). The topological polar surface area (TPSA) is 59.8 Å². The third kappa shape index (κ3) is 4.34. The summed E-state index contributed by atoms with van der Waals surface area (Å²) in [7, 11) is 0. The lowest BCUT2D eigenvalue weighted by molar-refractivity contribution is -0.120. The van der Waals surface area contributed by atoms with Crippen LogP contribution < -0.4 is 5.32 Å². The predicted molar refractivity (Wildman–Crippen MR) is 103 cm³/mol. The molecule has 0 saturated carbocycles. The molecule has 140 valence electrons. The van der Waals surface area contributed by atoms with Gasteiger partial charge in [0.1, 0.15) is 5.82 Å². The van der Waals surface area contributed by atoms with E-state index in [1.807, 2.05) is 37.6 Å². The molecule has 3 aromatic rings. The lowest BCUT2D eigenvalue weighted by Gasteiger charge is -2.08. The zero-order valence-corrected chi connectivity index (χ0v) is 16.1. The normalized spacial score (nSPS) is 10.9. The lowest BCUT2D eigenvalue weighted by atomic mass is 10.1. The van der Waals surface area contributed by atoms with Gasteiger partial charge in [-0.25, -0.2) is 9.07 Å². The molecule has 0 saturated heterocycles. The second-order valence-electron chi connectivity index (χ2n) is 6.41. The van der Waals surface area contributed by atoms with Crippen LogP contribution in [0.5, 0.6) is 0 Å². The van der Waals surface area contributed by atoms with Gasteiger partial charge in [0.25, 0.3) is 0 Å². The van der Waals surface area contributed by atoms with E-state index >= 15 is 0 Å². The molecule has 0 radical (unpaired) electrons. The average Bonchev–Trinajstić information content (AvgIpc) is 2.89. The first kappa shape index (κ1) is 19.0. The Kier molecular flexibility index (Phi) is 5.56. The van der Waals surface area contributed by atoms with E-state index in [9.17, 15) is 9.18 Å². The summed E-state index contributed by atoms with van der Waals surface area (Å²) in [4.78, 5) is 16.6. The zero-order chi connectivity index (χ0) is 19.6. The van der Waals surface area contributed by atoms with E-state index in [2.05, 4.69) is 15.4 Å². The summed E-state index contributed by atoms with van der Waals surface area (Å²) in [5, 5.41) is 7.69. The number of rotatable bonds is 5. The highest BCUT2D eigenvalue weighted by Crippen LogP contribution is 2.19. The van der Waals surface area contributed by atoms with Crippen molar-refractivity contribution in [1.29, 1.82) is 0 Å². The van der Waals surface area contributed by atoms with Gasteiger partial charge in [0.15, 0.2) is 0 Å². The van der Waals surface area contributed by atoms with Crippen LogP contribution in [0.4, 0.5) is 4.39 Å². The largest absolute Gasteiger partial charge is 0.352 e. The maximum absolute atomic E-state index is 13.1. The number of aryl methyl sites for hydroxylation is 2. The summed E-state index contributed by atoms with van der Waals surface area (Å²) in [6.45, 7) is 5.99. The van der Waals surface area contributed by atoms with E-state index in [-0.39, 0.29) is 18.9 Å². The number of hydrogen-bond acceptors (Lipinski definition) is 3. The minimum atomic E-state index is -0.403.